The lowest BCUT2D eigenvalue weighted by atomic mass is 9.75. The molecule has 1 amide bonds. The van der Waals surface area contributed by atoms with Crippen molar-refractivity contribution in [3.05, 3.63) is 96.1 Å². The molecule has 1 heterocycles. The molecule has 6 heteroatoms. The highest BCUT2D eigenvalue weighted by atomic mass is 16.5. The Kier molecular flexibility index (Phi) is 6.19. The van der Waals surface area contributed by atoms with E-state index in [9.17, 15) is 4.79 Å². The topological polar surface area (TPSA) is 73.4 Å². The van der Waals surface area contributed by atoms with Gasteiger partial charge in [0.05, 0.1) is 11.9 Å². The molecule has 0 spiro atoms. The molecule has 0 saturated carbocycles. The number of carbonyl (C=O) groups excluding carboxylic acids is 1. The van der Waals surface area contributed by atoms with Crippen LogP contribution in [0.4, 0.5) is 0 Å². The van der Waals surface area contributed by atoms with Crippen LogP contribution >= 0.6 is 0 Å². The maximum Gasteiger partial charge on any atom is 0.253 e. The minimum Gasteiger partial charge on any atom is -0.489 e. The predicted molar refractivity (Wildman–Crippen MR) is 136 cm³/mol. The Labute approximate surface area is 201 Å². The molecule has 4 rings (SSSR count). The Bertz CT molecular complexity index is 1290. The van der Waals surface area contributed by atoms with Gasteiger partial charge in [0.15, 0.2) is 0 Å². The van der Waals surface area contributed by atoms with Crippen LogP contribution in [0.5, 0.6) is 5.75 Å². The minimum atomic E-state index is -0.517. The lowest BCUT2D eigenvalue weighted by Gasteiger charge is -2.43. The first-order chi connectivity index (χ1) is 16.1. The number of nitrogens with zero attached hydrogens (tertiary/aromatic N) is 3. The number of aromatic nitrogens is 2. The third-order valence-corrected chi connectivity index (χ3v) is 6.66. The van der Waals surface area contributed by atoms with Crippen LogP contribution < -0.4 is 10.5 Å². The van der Waals surface area contributed by atoms with Gasteiger partial charge >= 0.3 is 0 Å². The quantitative estimate of drug-likeness (QED) is 0.433. The highest BCUT2D eigenvalue weighted by molar-refractivity contribution is 5.93. The molecule has 0 radical (unpaired) electrons. The van der Waals surface area contributed by atoms with Gasteiger partial charge in [0.2, 0.25) is 0 Å². The molecule has 176 valence electrons. The van der Waals surface area contributed by atoms with Gasteiger partial charge < -0.3 is 19.9 Å². The Hall–Kier alpha value is -3.64. The fourth-order valence-corrected chi connectivity index (χ4v) is 4.16. The van der Waals surface area contributed by atoms with Crippen molar-refractivity contribution in [1.29, 1.82) is 0 Å². The molecule has 0 aliphatic rings. The number of amides is 1. The summed E-state index contributed by atoms with van der Waals surface area (Å²) < 4.78 is 8.10. The first kappa shape index (κ1) is 23.5. The highest BCUT2D eigenvalue weighted by Gasteiger charge is 2.41. The van der Waals surface area contributed by atoms with Crippen molar-refractivity contribution in [2.24, 2.45) is 5.73 Å². The highest BCUT2D eigenvalue weighted by Crippen LogP contribution is 2.37. The average molecular weight is 457 g/mol. The van der Waals surface area contributed by atoms with E-state index >= 15 is 0 Å². The maximum atomic E-state index is 12.1. The molecule has 0 bridgehead atoms. The molecule has 2 N–H and O–H groups in total. The Morgan fingerprint density at radius 1 is 1.00 bits per heavy atom. The SMILES string of the molecule is CN(C)C(=O)c1ccc(COc2ccc3cc(C(C)(n4ccnc4)C(C)(C)N)ccc3c2)cc1. The fourth-order valence-electron chi connectivity index (χ4n) is 4.16. The summed E-state index contributed by atoms with van der Waals surface area (Å²) in [4.78, 5) is 17.9. The van der Waals surface area contributed by atoms with Crippen molar-refractivity contribution in [3.8, 4) is 5.75 Å². The summed E-state index contributed by atoms with van der Waals surface area (Å²) in [6.45, 7) is 6.65. The zero-order valence-electron chi connectivity index (χ0n) is 20.4. The number of carbonyl (C=O) groups is 1. The van der Waals surface area contributed by atoms with Crippen molar-refractivity contribution in [2.75, 3.05) is 14.1 Å². The molecule has 1 aromatic heterocycles. The number of fused-ring (bicyclic) bond motifs is 1. The molecule has 6 nitrogen and oxygen atoms in total. The summed E-state index contributed by atoms with van der Waals surface area (Å²) in [5.41, 5.74) is 8.46. The summed E-state index contributed by atoms with van der Waals surface area (Å²) >= 11 is 0. The monoisotopic (exact) mass is 456 g/mol. The lowest BCUT2D eigenvalue weighted by Crippen LogP contribution is -2.56. The van der Waals surface area contributed by atoms with Crippen LogP contribution in [-0.4, -0.2) is 40.0 Å². The largest absolute Gasteiger partial charge is 0.489 e. The van der Waals surface area contributed by atoms with E-state index in [1.54, 1.807) is 25.2 Å². The number of nitrogens with two attached hydrogens (primary N) is 1. The van der Waals surface area contributed by atoms with Crippen LogP contribution in [0.25, 0.3) is 10.8 Å². The van der Waals surface area contributed by atoms with Crippen molar-refractivity contribution >= 4 is 16.7 Å². The second kappa shape index (κ2) is 8.95. The Balaban J connectivity index is 1.54. The third kappa shape index (κ3) is 4.41. The zero-order valence-corrected chi connectivity index (χ0v) is 20.4. The molecule has 0 aliphatic carbocycles. The second-order valence-electron chi connectivity index (χ2n) is 9.67. The van der Waals surface area contributed by atoms with Crippen LogP contribution in [0.2, 0.25) is 0 Å². The van der Waals surface area contributed by atoms with Crippen LogP contribution in [0.15, 0.2) is 79.4 Å². The number of hydrogen-bond donors (Lipinski definition) is 1. The third-order valence-electron chi connectivity index (χ3n) is 6.66. The predicted octanol–water partition coefficient (Wildman–Crippen LogP) is 4.82. The molecular weight excluding hydrogens is 424 g/mol. The van der Waals surface area contributed by atoms with Crippen molar-refractivity contribution in [2.45, 2.75) is 38.5 Å². The van der Waals surface area contributed by atoms with E-state index in [0.717, 1.165) is 27.6 Å². The molecule has 1 atom stereocenters. The van der Waals surface area contributed by atoms with Gasteiger partial charge in [-0.2, -0.15) is 0 Å². The van der Waals surface area contributed by atoms with Crippen LogP contribution in [0.1, 0.15) is 42.3 Å². The van der Waals surface area contributed by atoms with Gasteiger partial charge in [-0.1, -0.05) is 30.3 Å². The van der Waals surface area contributed by atoms with Gasteiger partial charge in [-0.3, -0.25) is 4.79 Å². The van der Waals surface area contributed by atoms with E-state index in [4.69, 9.17) is 10.5 Å². The van der Waals surface area contributed by atoms with Crippen LogP contribution in [0.3, 0.4) is 0 Å². The van der Waals surface area contributed by atoms with Gasteiger partial charge in [-0.05, 0) is 73.0 Å². The van der Waals surface area contributed by atoms with E-state index in [0.29, 0.717) is 12.2 Å². The van der Waals surface area contributed by atoms with Gasteiger partial charge in [0, 0.05) is 37.6 Å². The van der Waals surface area contributed by atoms with Crippen LogP contribution in [0, 0.1) is 0 Å². The Morgan fingerprint density at radius 3 is 2.29 bits per heavy atom. The summed E-state index contributed by atoms with van der Waals surface area (Å²) in [5.74, 6) is 0.786. The molecule has 1 unspecified atom stereocenters. The van der Waals surface area contributed by atoms with E-state index in [2.05, 4.69) is 40.7 Å². The number of benzene rings is 3. The maximum absolute atomic E-state index is 12.1. The number of rotatable bonds is 7. The second-order valence-corrected chi connectivity index (χ2v) is 9.67. The lowest BCUT2D eigenvalue weighted by molar-refractivity contribution is 0.0827. The van der Waals surface area contributed by atoms with Gasteiger partial charge in [0.1, 0.15) is 12.4 Å². The average Bonchev–Trinajstić information content (AvgIpc) is 3.36. The van der Waals surface area contributed by atoms with Crippen molar-refractivity contribution in [1.82, 2.24) is 14.5 Å². The molecule has 0 aliphatic heterocycles. The molecule has 34 heavy (non-hydrogen) atoms. The summed E-state index contributed by atoms with van der Waals surface area (Å²) in [5, 5.41) is 2.21. The number of ether oxygens (including phenoxy) is 1. The first-order valence-electron chi connectivity index (χ1n) is 11.3. The molecule has 3 aromatic carbocycles. The van der Waals surface area contributed by atoms with E-state index in [-0.39, 0.29) is 5.91 Å². The fraction of sp³-hybridized carbons (Fsp3) is 0.286. The van der Waals surface area contributed by atoms with Gasteiger partial charge in [0.25, 0.3) is 5.91 Å². The zero-order chi connectivity index (χ0) is 24.5. The number of hydrogen-bond acceptors (Lipinski definition) is 4. The standard InChI is InChI=1S/C28H32N4O2/c1-27(2,29)28(3,32-15-14-30-19-32)24-12-10-23-17-25(13-11-22(23)16-24)34-18-20-6-8-21(9-7-20)26(33)31(4)5/h6-17,19H,18,29H2,1-5H3. The van der Waals surface area contributed by atoms with Gasteiger partial charge in [-0.15, -0.1) is 0 Å². The van der Waals surface area contributed by atoms with Crippen molar-refractivity contribution < 1.29 is 9.53 Å². The molecule has 0 fully saturated rings. The van der Waals surface area contributed by atoms with E-state index in [1.165, 1.54) is 0 Å². The molecule has 0 saturated heterocycles. The van der Waals surface area contributed by atoms with E-state index in [1.807, 2.05) is 62.8 Å². The number of imidazole rings is 1. The molecular formula is C28H32N4O2. The molecule has 4 aromatic rings. The summed E-state index contributed by atoms with van der Waals surface area (Å²) in [6, 6.07) is 20.0. The van der Waals surface area contributed by atoms with Crippen LogP contribution in [-0.2, 0) is 12.1 Å². The van der Waals surface area contributed by atoms with E-state index < -0.39 is 11.1 Å². The summed E-state index contributed by atoms with van der Waals surface area (Å²) in [7, 11) is 3.49. The van der Waals surface area contributed by atoms with Gasteiger partial charge in [-0.25, -0.2) is 4.98 Å². The Morgan fingerprint density at radius 2 is 1.68 bits per heavy atom. The van der Waals surface area contributed by atoms with Crippen molar-refractivity contribution in [3.63, 3.8) is 0 Å². The summed E-state index contributed by atoms with van der Waals surface area (Å²) in [6.07, 6.45) is 5.56. The smallest absolute Gasteiger partial charge is 0.253 e. The minimum absolute atomic E-state index is 0.0106. The first-order valence-corrected chi connectivity index (χ1v) is 11.3. The normalized spacial score (nSPS) is 13.5.